The summed E-state index contributed by atoms with van der Waals surface area (Å²) < 4.78 is 6.28. The Morgan fingerprint density at radius 2 is 2.00 bits per heavy atom. The number of nitrogens with zero attached hydrogens (tertiary/aromatic N) is 1. The van der Waals surface area contributed by atoms with Gasteiger partial charge in [0.15, 0.2) is 6.61 Å². The number of carbonyl (C=O) groups is 1. The molecule has 0 fully saturated rings. The SMILES string of the molecule is CCOc1ccc(C=NOCC(=O)Nc2ccc(C)cc2)cc1Br. The first kappa shape index (κ1) is 18.0. The molecular weight excluding hydrogens is 372 g/mol. The maximum atomic E-state index is 11.7. The van der Waals surface area contributed by atoms with Crippen LogP contribution in [0.3, 0.4) is 0 Å². The van der Waals surface area contributed by atoms with E-state index in [1.807, 2.05) is 56.3 Å². The van der Waals surface area contributed by atoms with Crippen molar-refractivity contribution in [1.29, 1.82) is 0 Å². The highest BCUT2D eigenvalue weighted by Crippen LogP contribution is 2.25. The lowest BCUT2D eigenvalue weighted by Gasteiger charge is -2.06. The van der Waals surface area contributed by atoms with Gasteiger partial charge in [-0.05, 0) is 65.7 Å². The highest BCUT2D eigenvalue weighted by Gasteiger charge is 2.03. The quantitative estimate of drug-likeness (QED) is 0.570. The number of hydrogen-bond acceptors (Lipinski definition) is 4. The average molecular weight is 391 g/mol. The molecule has 2 aromatic rings. The Balaban J connectivity index is 1.80. The average Bonchev–Trinajstić information content (AvgIpc) is 2.56. The van der Waals surface area contributed by atoms with Gasteiger partial charge < -0.3 is 14.9 Å². The number of oxime groups is 1. The summed E-state index contributed by atoms with van der Waals surface area (Å²) in [4.78, 5) is 16.8. The van der Waals surface area contributed by atoms with Crippen LogP contribution in [0.25, 0.3) is 0 Å². The highest BCUT2D eigenvalue weighted by atomic mass is 79.9. The summed E-state index contributed by atoms with van der Waals surface area (Å²) in [7, 11) is 0. The highest BCUT2D eigenvalue weighted by molar-refractivity contribution is 9.10. The van der Waals surface area contributed by atoms with E-state index in [2.05, 4.69) is 26.4 Å². The Morgan fingerprint density at radius 1 is 1.25 bits per heavy atom. The van der Waals surface area contributed by atoms with E-state index in [0.717, 1.165) is 27.0 Å². The van der Waals surface area contributed by atoms with Crippen LogP contribution < -0.4 is 10.1 Å². The molecule has 5 nitrogen and oxygen atoms in total. The molecule has 2 rings (SSSR count). The van der Waals surface area contributed by atoms with Gasteiger partial charge in [0.2, 0.25) is 0 Å². The molecule has 0 aliphatic carbocycles. The van der Waals surface area contributed by atoms with E-state index < -0.39 is 0 Å². The maximum Gasteiger partial charge on any atom is 0.265 e. The lowest BCUT2D eigenvalue weighted by atomic mass is 10.2. The fourth-order valence-corrected chi connectivity index (χ4v) is 2.41. The summed E-state index contributed by atoms with van der Waals surface area (Å²) in [6.45, 7) is 4.37. The zero-order chi connectivity index (χ0) is 17.4. The second kappa shape index (κ2) is 9.08. The molecule has 0 unspecified atom stereocenters. The third-order valence-corrected chi connectivity index (χ3v) is 3.68. The molecule has 24 heavy (non-hydrogen) atoms. The van der Waals surface area contributed by atoms with Crippen LogP contribution in [0.15, 0.2) is 52.1 Å². The molecule has 0 atom stereocenters. The largest absolute Gasteiger partial charge is 0.493 e. The van der Waals surface area contributed by atoms with E-state index in [0.29, 0.717) is 6.61 Å². The van der Waals surface area contributed by atoms with Crippen LogP contribution in [-0.2, 0) is 9.63 Å². The van der Waals surface area contributed by atoms with Crippen LogP contribution >= 0.6 is 15.9 Å². The number of carbonyl (C=O) groups excluding carboxylic acids is 1. The molecule has 0 radical (unpaired) electrons. The lowest BCUT2D eigenvalue weighted by Crippen LogP contribution is -2.16. The monoisotopic (exact) mass is 390 g/mol. The van der Waals surface area contributed by atoms with Gasteiger partial charge in [-0.2, -0.15) is 0 Å². The van der Waals surface area contributed by atoms with Crippen molar-refractivity contribution in [2.45, 2.75) is 13.8 Å². The molecule has 1 N–H and O–H groups in total. The predicted octanol–water partition coefficient (Wildman–Crippen LogP) is 4.15. The van der Waals surface area contributed by atoms with Crippen molar-refractivity contribution in [2.24, 2.45) is 5.16 Å². The summed E-state index contributed by atoms with van der Waals surface area (Å²) in [5, 5.41) is 6.54. The van der Waals surface area contributed by atoms with Gasteiger partial charge in [-0.25, -0.2) is 0 Å². The van der Waals surface area contributed by atoms with Crippen molar-refractivity contribution >= 4 is 33.7 Å². The molecule has 1 amide bonds. The van der Waals surface area contributed by atoms with Crippen LogP contribution in [-0.4, -0.2) is 25.3 Å². The van der Waals surface area contributed by atoms with Gasteiger partial charge in [0.05, 0.1) is 17.3 Å². The first-order valence-corrected chi connectivity index (χ1v) is 8.32. The van der Waals surface area contributed by atoms with E-state index in [-0.39, 0.29) is 12.5 Å². The van der Waals surface area contributed by atoms with Crippen molar-refractivity contribution < 1.29 is 14.4 Å². The molecule has 126 valence electrons. The Bertz CT molecular complexity index is 715. The number of rotatable bonds is 7. The molecule has 0 saturated carbocycles. The topological polar surface area (TPSA) is 59.9 Å². The van der Waals surface area contributed by atoms with Crippen molar-refractivity contribution in [3.63, 3.8) is 0 Å². The van der Waals surface area contributed by atoms with Crippen LogP contribution in [0.2, 0.25) is 0 Å². The number of nitrogens with one attached hydrogen (secondary N) is 1. The molecule has 0 heterocycles. The van der Waals surface area contributed by atoms with E-state index in [4.69, 9.17) is 9.57 Å². The number of amides is 1. The van der Waals surface area contributed by atoms with E-state index in [1.54, 1.807) is 6.21 Å². The molecule has 0 aliphatic heterocycles. The molecular formula is C18H19BrN2O3. The molecule has 2 aromatic carbocycles. The van der Waals surface area contributed by atoms with Gasteiger partial charge in [-0.3, -0.25) is 4.79 Å². The van der Waals surface area contributed by atoms with Gasteiger partial charge in [0.1, 0.15) is 5.75 Å². The number of aryl methyl sites for hydroxylation is 1. The van der Waals surface area contributed by atoms with Gasteiger partial charge >= 0.3 is 0 Å². The maximum absolute atomic E-state index is 11.7. The number of benzene rings is 2. The fourth-order valence-electron chi connectivity index (χ4n) is 1.90. The smallest absolute Gasteiger partial charge is 0.265 e. The third-order valence-electron chi connectivity index (χ3n) is 3.06. The molecule has 0 spiro atoms. The standard InChI is InChI=1S/C18H19BrN2O3/c1-3-23-17-9-6-14(10-16(17)19)11-20-24-12-18(22)21-15-7-4-13(2)5-8-15/h4-11H,3,12H2,1-2H3,(H,21,22). The zero-order valence-corrected chi connectivity index (χ0v) is 15.2. The normalized spacial score (nSPS) is 10.6. The lowest BCUT2D eigenvalue weighted by molar-refractivity contribution is -0.120. The minimum atomic E-state index is -0.260. The molecule has 0 saturated heterocycles. The molecule has 0 bridgehead atoms. The summed E-state index contributed by atoms with van der Waals surface area (Å²) in [5.41, 5.74) is 2.70. The second-order valence-electron chi connectivity index (χ2n) is 5.05. The molecule has 0 aliphatic rings. The minimum absolute atomic E-state index is 0.150. The second-order valence-corrected chi connectivity index (χ2v) is 5.90. The summed E-state index contributed by atoms with van der Waals surface area (Å²) in [5.74, 6) is 0.511. The van der Waals surface area contributed by atoms with Crippen LogP contribution in [0, 0.1) is 6.92 Å². The van der Waals surface area contributed by atoms with Gasteiger partial charge in [-0.1, -0.05) is 22.9 Å². The Morgan fingerprint density at radius 3 is 2.67 bits per heavy atom. The Kier molecular flexibility index (Phi) is 6.81. The van der Waals surface area contributed by atoms with Gasteiger partial charge in [0, 0.05) is 5.69 Å². The van der Waals surface area contributed by atoms with E-state index in [9.17, 15) is 4.79 Å². The zero-order valence-electron chi connectivity index (χ0n) is 13.6. The first-order valence-electron chi connectivity index (χ1n) is 7.52. The Labute approximate surface area is 149 Å². The summed E-state index contributed by atoms with van der Waals surface area (Å²) in [6, 6.07) is 13.1. The van der Waals surface area contributed by atoms with E-state index >= 15 is 0 Å². The van der Waals surface area contributed by atoms with Crippen molar-refractivity contribution in [1.82, 2.24) is 0 Å². The third kappa shape index (κ3) is 5.70. The number of ether oxygens (including phenoxy) is 1. The fraction of sp³-hybridized carbons (Fsp3) is 0.222. The summed E-state index contributed by atoms with van der Waals surface area (Å²) in [6.07, 6.45) is 1.54. The van der Waals surface area contributed by atoms with E-state index in [1.165, 1.54) is 0 Å². The number of halogens is 1. The van der Waals surface area contributed by atoms with Crippen LogP contribution in [0.1, 0.15) is 18.1 Å². The Hall–Kier alpha value is -2.34. The molecule has 6 heteroatoms. The minimum Gasteiger partial charge on any atom is -0.493 e. The molecule has 0 aromatic heterocycles. The van der Waals surface area contributed by atoms with Crippen LogP contribution in [0.5, 0.6) is 5.75 Å². The van der Waals surface area contributed by atoms with Gasteiger partial charge in [-0.15, -0.1) is 0 Å². The van der Waals surface area contributed by atoms with Crippen molar-refractivity contribution in [3.05, 3.63) is 58.1 Å². The van der Waals surface area contributed by atoms with Crippen molar-refractivity contribution in [2.75, 3.05) is 18.5 Å². The number of anilines is 1. The number of hydrogen-bond donors (Lipinski definition) is 1. The predicted molar refractivity (Wildman–Crippen MR) is 98.7 cm³/mol. The van der Waals surface area contributed by atoms with Crippen molar-refractivity contribution in [3.8, 4) is 5.75 Å². The first-order chi connectivity index (χ1) is 11.6. The van der Waals surface area contributed by atoms with Crippen LogP contribution in [0.4, 0.5) is 5.69 Å². The summed E-state index contributed by atoms with van der Waals surface area (Å²) >= 11 is 3.43. The van der Waals surface area contributed by atoms with Gasteiger partial charge in [0.25, 0.3) is 5.91 Å².